The summed E-state index contributed by atoms with van der Waals surface area (Å²) in [5.74, 6) is 0. The number of nitrogens with zero attached hydrogens (tertiary/aromatic N) is 1. The molecular weight excluding hydrogens is 194 g/mol. The lowest BCUT2D eigenvalue weighted by Crippen LogP contribution is -2.14. The quantitative estimate of drug-likeness (QED) is 0.453. The third-order valence-electron chi connectivity index (χ3n) is 2.23. The number of benzene rings is 1. The van der Waals surface area contributed by atoms with Gasteiger partial charge in [0, 0.05) is 17.8 Å². The maximum atomic E-state index is 10.8. The van der Waals surface area contributed by atoms with Gasteiger partial charge < -0.3 is 11.1 Å². The van der Waals surface area contributed by atoms with Gasteiger partial charge in [-0.1, -0.05) is 6.92 Å². The number of nitrogens with two attached hydrogens (primary N) is 1. The summed E-state index contributed by atoms with van der Waals surface area (Å²) in [7, 11) is 0. The van der Waals surface area contributed by atoms with Crippen LogP contribution in [0.4, 0.5) is 17.1 Å². The monoisotopic (exact) mass is 209 g/mol. The number of hydrogen-bond acceptors (Lipinski definition) is 4. The molecule has 0 amide bonds. The van der Waals surface area contributed by atoms with Gasteiger partial charge in [-0.25, -0.2) is 0 Å². The summed E-state index contributed by atoms with van der Waals surface area (Å²) in [4.78, 5) is 10.3. The van der Waals surface area contributed by atoms with Crippen molar-refractivity contribution in [1.29, 1.82) is 0 Å². The molecule has 0 aliphatic carbocycles. The first-order valence-corrected chi connectivity index (χ1v) is 4.85. The van der Waals surface area contributed by atoms with Crippen LogP contribution in [0.15, 0.2) is 18.2 Å². The van der Waals surface area contributed by atoms with E-state index < -0.39 is 4.92 Å². The lowest BCUT2D eigenvalue weighted by molar-refractivity contribution is -0.383. The summed E-state index contributed by atoms with van der Waals surface area (Å²) in [5.41, 5.74) is 6.44. The van der Waals surface area contributed by atoms with Crippen LogP contribution in [0.5, 0.6) is 0 Å². The molecule has 1 aromatic carbocycles. The van der Waals surface area contributed by atoms with Crippen molar-refractivity contribution < 1.29 is 4.92 Å². The second-order valence-electron chi connectivity index (χ2n) is 3.49. The van der Waals surface area contributed by atoms with Gasteiger partial charge in [-0.05, 0) is 25.5 Å². The first-order valence-electron chi connectivity index (χ1n) is 4.85. The highest BCUT2D eigenvalue weighted by atomic mass is 16.6. The number of hydrogen-bond donors (Lipinski definition) is 2. The molecule has 0 aliphatic rings. The van der Waals surface area contributed by atoms with Crippen LogP contribution in [0, 0.1) is 10.1 Å². The maximum Gasteiger partial charge on any atom is 0.294 e. The van der Waals surface area contributed by atoms with Gasteiger partial charge in [-0.15, -0.1) is 0 Å². The third kappa shape index (κ3) is 2.83. The SMILES string of the molecule is CCC(C)Nc1ccc(N)cc1[N+](=O)[O-]. The van der Waals surface area contributed by atoms with Crippen molar-refractivity contribution in [2.24, 2.45) is 0 Å². The molecule has 0 fully saturated rings. The molecule has 15 heavy (non-hydrogen) atoms. The van der Waals surface area contributed by atoms with Crippen LogP contribution in [-0.2, 0) is 0 Å². The smallest absolute Gasteiger partial charge is 0.294 e. The fraction of sp³-hybridized carbons (Fsp3) is 0.400. The summed E-state index contributed by atoms with van der Waals surface area (Å²) >= 11 is 0. The predicted molar refractivity (Wildman–Crippen MR) is 60.9 cm³/mol. The largest absolute Gasteiger partial charge is 0.399 e. The van der Waals surface area contributed by atoms with Crippen molar-refractivity contribution in [1.82, 2.24) is 0 Å². The molecule has 0 spiro atoms. The van der Waals surface area contributed by atoms with Crippen LogP contribution >= 0.6 is 0 Å². The Kier molecular flexibility index (Phi) is 3.49. The Bertz CT molecular complexity index is 366. The van der Waals surface area contributed by atoms with E-state index in [-0.39, 0.29) is 11.7 Å². The summed E-state index contributed by atoms with van der Waals surface area (Å²) < 4.78 is 0. The normalized spacial score (nSPS) is 12.1. The Labute approximate surface area is 88.4 Å². The molecule has 0 saturated carbocycles. The highest BCUT2D eigenvalue weighted by Crippen LogP contribution is 2.27. The van der Waals surface area contributed by atoms with E-state index in [0.717, 1.165) is 6.42 Å². The maximum absolute atomic E-state index is 10.8. The van der Waals surface area contributed by atoms with Crippen LogP contribution in [-0.4, -0.2) is 11.0 Å². The van der Waals surface area contributed by atoms with E-state index in [0.29, 0.717) is 11.4 Å². The zero-order valence-corrected chi connectivity index (χ0v) is 8.86. The van der Waals surface area contributed by atoms with Crippen molar-refractivity contribution in [3.63, 3.8) is 0 Å². The van der Waals surface area contributed by atoms with E-state index in [2.05, 4.69) is 5.32 Å². The minimum Gasteiger partial charge on any atom is -0.399 e. The molecule has 0 aromatic heterocycles. The minimum atomic E-state index is -0.429. The second kappa shape index (κ2) is 4.63. The molecule has 1 atom stereocenters. The molecule has 5 nitrogen and oxygen atoms in total. The number of nitro groups is 1. The number of nitrogens with one attached hydrogen (secondary N) is 1. The molecule has 1 aromatic rings. The van der Waals surface area contributed by atoms with E-state index in [4.69, 9.17) is 5.73 Å². The molecule has 0 bridgehead atoms. The molecule has 82 valence electrons. The van der Waals surface area contributed by atoms with Crippen LogP contribution in [0.3, 0.4) is 0 Å². The number of rotatable bonds is 4. The Hall–Kier alpha value is -1.78. The van der Waals surface area contributed by atoms with Crippen LogP contribution in [0.1, 0.15) is 20.3 Å². The Morgan fingerprint density at radius 1 is 1.60 bits per heavy atom. The average molecular weight is 209 g/mol. The highest BCUT2D eigenvalue weighted by molar-refractivity contribution is 5.67. The Morgan fingerprint density at radius 3 is 2.80 bits per heavy atom. The topological polar surface area (TPSA) is 81.2 Å². The van der Waals surface area contributed by atoms with Gasteiger partial charge in [0.1, 0.15) is 5.69 Å². The van der Waals surface area contributed by atoms with Gasteiger partial charge in [0.05, 0.1) is 4.92 Å². The lowest BCUT2D eigenvalue weighted by atomic mass is 10.2. The van der Waals surface area contributed by atoms with E-state index in [1.54, 1.807) is 12.1 Å². The lowest BCUT2D eigenvalue weighted by Gasteiger charge is -2.13. The third-order valence-corrected chi connectivity index (χ3v) is 2.23. The molecule has 0 radical (unpaired) electrons. The fourth-order valence-corrected chi connectivity index (χ4v) is 1.19. The van der Waals surface area contributed by atoms with Gasteiger partial charge in [0.2, 0.25) is 0 Å². The van der Waals surface area contributed by atoms with E-state index in [9.17, 15) is 10.1 Å². The number of nitro benzene ring substituents is 1. The molecule has 0 saturated heterocycles. The van der Waals surface area contributed by atoms with Gasteiger partial charge in [0.25, 0.3) is 5.69 Å². The standard InChI is InChI=1S/C10H15N3O2/c1-3-7(2)12-9-5-4-8(11)6-10(9)13(14)15/h4-7,12H,3,11H2,1-2H3. The summed E-state index contributed by atoms with van der Waals surface area (Å²) in [6, 6.07) is 4.86. The first kappa shape index (κ1) is 11.3. The van der Waals surface area contributed by atoms with Crippen molar-refractivity contribution in [3.05, 3.63) is 28.3 Å². The molecule has 3 N–H and O–H groups in total. The van der Waals surface area contributed by atoms with Crippen LogP contribution in [0.25, 0.3) is 0 Å². The number of anilines is 2. The van der Waals surface area contributed by atoms with Crippen molar-refractivity contribution in [3.8, 4) is 0 Å². The van der Waals surface area contributed by atoms with Crippen molar-refractivity contribution >= 4 is 17.1 Å². The van der Waals surface area contributed by atoms with Crippen molar-refractivity contribution in [2.45, 2.75) is 26.3 Å². The summed E-state index contributed by atoms with van der Waals surface area (Å²) in [6.07, 6.45) is 0.904. The highest BCUT2D eigenvalue weighted by Gasteiger charge is 2.14. The zero-order valence-electron chi connectivity index (χ0n) is 8.86. The van der Waals surface area contributed by atoms with Gasteiger partial charge in [0.15, 0.2) is 0 Å². The van der Waals surface area contributed by atoms with E-state index in [1.165, 1.54) is 6.07 Å². The predicted octanol–water partition coefficient (Wildman–Crippen LogP) is 2.39. The molecule has 0 heterocycles. The molecule has 0 aliphatic heterocycles. The molecule has 5 heteroatoms. The van der Waals surface area contributed by atoms with Crippen LogP contribution < -0.4 is 11.1 Å². The average Bonchev–Trinajstić information content (AvgIpc) is 2.20. The Balaban J connectivity index is 3.01. The molecule has 1 unspecified atom stereocenters. The van der Waals surface area contributed by atoms with Gasteiger partial charge in [-0.2, -0.15) is 0 Å². The van der Waals surface area contributed by atoms with Crippen LogP contribution in [0.2, 0.25) is 0 Å². The van der Waals surface area contributed by atoms with E-state index >= 15 is 0 Å². The minimum absolute atomic E-state index is 0.0234. The molecule has 1 rings (SSSR count). The van der Waals surface area contributed by atoms with Gasteiger partial charge >= 0.3 is 0 Å². The van der Waals surface area contributed by atoms with Gasteiger partial charge in [-0.3, -0.25) is 10.1 Å². The zero-order chi connectivity index (χ0) is 11.4. The first-order chi connectivity index (χ1) is 7.04. The van der Waals surface area contributed by atoms with E-state index in [1.807, 2.05) is 13.8 Å². The fourth-order valence-electron chi connectivity index (χ4n) is 1.19. The summed E-state index contributed by atoms with van der Waals surface area (Å²) in [6.45, 7) is 3.99. The summed E-state index contributed by atoms with van der Waals surface area (Å²) in [5, 5.41) is 13.8. The Morgan fingerprint density at radius 2 is 2.27 bits per heavy atom. The number of nitrogen functional groups attached to an aromatic ring is 1. The second-order valence-corrected chi connectivity index (χ2v) is 3.49. The van der Waals surface area contributed by atoms with Crippen molar-refractivity contribution in [2.75, 3.05) is 11.1 Å². The molecular formula is C10H15N3O2.